The Morgan fingerprint density at radius 2 is 1.58 bits per heavy atom. The number of phenols is 1. The molecule has 2 unspecified atom stereocenters. The maximum atomic E-state index is 12.4. The number of nitrogens with zero attached hydrogens (tertiary/aromatic N) is 2. The number of Topliss-reactive ketones (excluding diaryl/α,β-unsaturated/α-hetero) is 1. The van der Waals surface area contributed by atoms with Crippen molar-refractivity contribution in [2.45, 2.75) is 12.2 Å². The third-order valence-electron chi connectivity index (χ3n) is 3.63. The van der Waals surface area contributed by atoms with Gasteiger partial charge in [0, 0.05) is 17.7 Å². The van der Waals surface area contributed by atoms with Crippen LogP contribution in [0.1, 0.15) is 22.0 Å². The number of ketones is 1. The molecule has 122 valence electrons. The van der Waals surface area contributed by atoms with Gasteiger partial charge in [0.15, 0.2) is 11.9 Å². The molecule has 2 aromatic carbocycles. The summed E-state index contributed by atoms with van der Waals surface area (Å²) in [4.78, 5) is 32.3. The standard InChI is InChI=1S/C15H10N2O7/c18-12(15-14(24-15)8-4-2-1-3-5-8)9-6-10(16(20)21)13(19)11(7-9)17(22)23/h1-7,14-15,19H. The summed E-state index contributed by atoms with van der Waals surface area (Å²) in [6.07, 6.45) is -1.36. The van der Waals surface area contributed by atoms with Gasteiger partial charge in [0.2, 0.25) is 0 Å². The van der Waals surface area contributed by atoms with Crippen LogP contribution in [0.2, 0.25) is 0 Å². The monoisotopic (exact) mass is 330 g/mol. The molecule has 1 heterocycles. The van der Waals surface area contributed by atoms with Crippen LogP contribution in [-0.2, 0) is 4.74 Å². The molecule has 2 aromatic rings. The quantitative estimate of drug-likeness (QED) is 0.385. The predicted octanol–water partition coefficient (Wildman–Crippen LogP) is 2.53. The summed E-state index contributed by atoms with van der Waals surface area (Å²) in [5.74, 6) is -1.70. The molecule has 0 aliphatic carbocycles. The number of rotatable bonds is 5. The molecule has 3 rings (SSSR count). The van der Waals surface area contributed by atoms with Crippen LogP contribution in [0.25, 0.3) is 0 Å². The van der Waals surface area contributed by atoms with Crippen molar-refractivity contribution in [3.63, 3.8) is 0 Å². The third kappa shape index (κ3) is 2.68. The van der Waals surface area contributed by atoms with Crippen LogP contribution < -0.4 is 0 Å². The second-order valence-electron chi connectivity index (χ2n) is 5.13. The van der Waals surface area contributed by atoms with Crippen molar-refractivity contribution >= 4 is 17.2 Å². The van der Waals surface area contributed by atoms with Crippen LogP contribution >= 0.6 is 0 Å². The van der Waals surface area contributed by atoms with E-state index in [1.165, 1.54) is 0 Å². The Hall–Kier alpha value is -3.33. The van der Waals surface area contributed by atoms with Gasteiger partial charge in [-0.2, -0.15) is 0 Å². The Kier molecular flexibility index (Phi) is 3.70. The van der Waals surface area contributed by atoms with Crippen LogP contribution in [0.3, 0.4) is 0 Å². The minimum atomic E-state index is -1.09. The molecule has 1 N–H and O–H groups in total. The normalized spacial score (nSPS) is 18.8. The number of benzene rings is 2. The lowest BCUT2D eigenvalue weighted by atomic mass is 10.0. The Balaban J connectivity index is 1.94. The minimum absolute atomic E-state index is 0.255. The molecule has 1 saturated heterocycles. The van der Waals surface area contributed by atoms with Crippen LogP contribution in [0.5, 0.6) is 5.75 Å². The van der Waals surface area contributed by atoms with E-state index >= 15 is 0 Å². The van der Waals surface area contributed by atoms with E-state index in [9.17, 15) is 30.1 Å². The zero-order valence-electron chi connectivity index (χ0n) is 12.0. The SMILES string of the molecule is O=C(c1cc([N+](=O)[O-])c(O)c([N+](=O)[O-])c1)C1OC1c1ccccc1. The van der Waals surface area contributed by atoms with Gasteiger partial charge < -0.3 is 9.84 Å². The molecule has 9 nitrogen and oxygen atoms in total. The molecule has 24 heavy (non-hydrogen) atoms. The highest BCUT2D eigenvalue weighted by molar-refractivity contribution is 6.03. The Labute approximate surface area is 134 Å². The first-order chi connectivity index (χ1) is 11.4. The number of hydrogen-bond donors (Lipinski definition) is 1. The molecule has 0 aromatic heterocycles. The van der Waals surface area contributed by atoms with Crippen LogP contribution in [-0.4, -0.2) is 26.8 Å². The summed E-state index contributed by atoms with van der Waals surface area (Å²) in [6.45, 7) is 0. The molecule has 1 aliphatic heterocycles. The highest BCUT2D eigenvalue weighted by Gasteiger charge is 2.47. The third-order valence-corrected chi connectivity index (χ3v) is 3.63. The molecule has 0 saturated carbocycles. The van der Waals surface area contributed by atoms with Crippen molar-refractivity contribution in [2.75, 3.05) is 0 Å². The van der Waals surface area contributed by atoms with Gasteiger partial charge in [0.1, 0.15) is 6.10 Å². The first kappa shape index (κ1) is 15.6. The number of hydrogen-bond acceptors (Lipinski definition) is 7. The lowest BCUT2D eigenvalue weighted by Gasteiger charge is -2.02. The van der Waals surface area contributed by atoms with Crippen molar-refractivity contribution in [1.29, 1.82) is 0 Å². The van der Waals surface area contributed by atoms with Gasteiger partial charge in [-0.25, -0.2) is 0 Å². The number of aromatic hydroxyl groups is 1. The molecular formula is C15H10N2O7. The maximum absolute atomic E-state index is 12.4. The number of carbonyl (C=O) groups is 1. The fourth-order valence-corrected chi connectivity index (χ4v) is 2.40. The van der Waals surface area contributed by atoms with Gasteiger partial charge >= 0.3 is 11.4 Å². The number of epoxide rings is 1. The topological polar surface area (TPSA) is 136 Å². The summed E-state index contributed by atoms with van der Waals surface area (Å²) in [6, 6.07) is 10.5. The van der Waals surface area contributed by atoms with E-state index < -0.39 is 45.0 Å². The maximum Gasteiger partial charge on any atom is 0.318 e. The van der Waals surface area contributed by atoms with Crippen molar-refractivity contribution in [1.82, 2.24) is 0 Å². The van der Waals surface area contributed by atoms with Crippen LogP contribution in [0, 0.1) is 20.2 Å². The highest BCUT2D eigenvalue weighted by atomic mass is 16.6. The van der Waals surface area contributed by atoms with E-state index in [0.717, 1.165) is 17.7 Å². The second kappa shape index (κ2) is 5.70. The fraction of sp³-hybridized carbons (Fsp3) is 0.133. The van der Waals surface area contributed by atoms with Crippen LogP contribution in [0.15, 0.2) is 42.5 Å². The number of phenolic OH excluding ortho intramolecular Hbond substituents is 1. The molecule has 1 fully saturated rings. The molecule has 1 aliphatic rings. The summed E-state index contributed by atoms with van der Waals surface area (Å²) in [7, 11) is 0. The van der Waals surface area contributed by atoms with Crippen molar-refractivity contribution in [3.05, 3.63) is 73.8 Å². The molecular weight excluding hydrogens is 320 g/mol. The van der Waals surface area contributed by atoms with Gasteiger partial charge in [-0.15, -0.1) is 0 Å². The van der Waals surface area contributed by atoms with Crippen molar-refractivity contribution in [3.8, 4) is 5.75 Å². The zero-order chi connectivity index (χ0) is 17.4. The Bertz CT molecular complexity index is 815. The fourth-order valence-electron chi connectivity index (χ4n) is 2.40. The van der Waals surface area contributed by atoms with Gasteiger partial charge in [-0.05, 0) is 5.56 Å². The summed E-state index contributed by atoms with van der Waals surface area (Å²) in [5, 5.41) is 31.4. The van der Waals surface area contributed by atoms with Crippen LogP contribution in [0.4, 0.5) is 11.4 Å². The van der Waals surface area contributed by atoms with Gasteiger partial charge in [-0.3, -0.25) is 25.0 Å². The average Bonchev–Trinajstić information content (AvgIpc) is 3.35. The van der Waals surface area contributed by atoms with Crippen molar-refractivity contribution < 1.29 is 24.5 Å². The van der Waals surface area contributed by atoms with Crippen molar-refractivity contribution in [2.24, 2.45) is 0 Å². The highest BCUT2D eigenvalue weighted by Crippen LogP contribution is 2.43. The molecule has 2 atom stereocenters. The van der Waals surface area contributed by atoms with Gasteiger partial charge in [0.05, 0.1) is 9.85 Å². The molecule has 9 heteroatoms. The lowest BCUT2D eigenvalue weighted by Crippen LogP contribution is -2.09. The van der Waals surface area contributed by atoms with E-state index in [-0.39, 0.29) is 5.56 Å². The van der Waals surface area contributed by atoms with Gasteiger partial charge in [-0.1, -0.05) is 30.3 Å². The minimum Gasteiger partial charge on any atom is -0.497 e. The summed E-state index contributed by atoms with van der Waals surface area (Å²) < 4.78 is 5.30. The first-order valence-electron chi connectivity index (χ1n) is 6.80. The smallest absolute Gasteiger partial charge is 0.318 e. The molecule has 0 bridgehead atoms. The Morgan fingerprint density at radius 1 is 1.04 bits per heavy atom. The second-order valence-corrected chi connectivity index (χ2v) is 5.13. The van der Waals surface area contributed by atoms with E-state index in [2.05, 4.69) is 0 Å². The predicted molar refractivity (Wildman–Crippen MR) is 79.8 cm³/mol. The Morgan fingerprint density at radius 3 is 2.08 bits per heavy atom. The number of nitro groups is 2. The van der Waals surface area contributed by atoms with E-state index in [0.29, 0.717) is 0 Å². The molecule has 0 radical (unpaired) electrons. The largest absolute Gasteiger partial charge is 0.497 e. The number of ether oxygens (including phenoxy) is 1. The van der Waals surface area contributed by atoms with E-state index in [1.54, 1.807) is 30.3 Å². The summed E-state index contributed by atoms with van der Waals surface area (Å²) in [5.41, 5.74) is -1.29. The number of carbonyl (C=O) groups excluding carboxylic acids is 1. The van der Waals surface area contributed by atoms with Gasteiger partial charge in [0.25, 0.3) is 5.75 Å². The molecule has 0 spiro atoms. The number of nitro benzene ring substituents is 2. The zero-order valence-corrected chi connectivity index (χ0v) is 12.0. The van der Waals surface area contributed by atoms with E-state index in [4.69, 9.17) is 4.74 Å². The lowest BCUT2D eigenvalue weighted by molar-refractivity contribution is -0.396. The first-order valence-corrected chi connectivity index (χ1v) is 6.80. The average molecular weight is 330 g/mol. The van der Waals surface area contributed by atoms with E-state index in [1.807, 2.05) is 0 Å². The summed E-state index contributed by atoms with van der Waals surface area (Å²) >= 11 is 0. The molecule has 0 amide bonds.